The second-order valence-corrected chi connectivity index (χ2v) is 5.91. The van der Waals surface area contributed by atoms with Gasteiger partial charge in [0, 0.05) is 31.6 Å². The molecule has 2 heterocycles. The zero-order valence-corrected chi connectivity index (χ0v) is 13.5. The summed E-state index contributed by atoms with van der Waals surface area (Å²) in [7, 11) is 3.11. The minimum Gasteiger partial charge on any atom is -0.300 e. The maximum Gasteiger partial charge on any atom is 0.330 e. The first-order valence-electron chi connectivity index (χ1n) is 6.92. The summed E-state index contributed by atoms with van der Waals surface area (Å²) in [6.45, 7) is 0. The third-order valence-electron chi connectivity index (χ3n) is 3.47. The summed E-state index contributed by atoms with van der Waals surface area (Å²) in [5.74, 6) is 0.445. The van der Waals surface area contributed by atoms with Gasteiger partial charge in [-0.1, -0.05) is 30.0 Å². The van der Waals surface area contributed by atoms with Crippen LogP contribution in [0.2, 0.25) is 0 Å². The molecule has 3 rings (SSSR count). The van der Waals surface area contributed by atoms with E-state index >= 15 is 0 Å². The summed E-state index contributed by atoms with van der Waals surface area (Å²) >= 11 is 1.38. The summed E-state index contributed by atoms with van der Waals surface area (Å²) in [6, 6.07) is 11.1. The van der Waals surface area contributed by atoms with Gasteiger partial charge in [-0.25, -0.2) is 14.5 Å². The summed E-state index contributed by atoms with van der Waals surface area (Å²) in [6.07, 6.45) is 1.64. The third kappa shape index (κ3) is 3.11. The average molecular weight is 329 g/mol. The molecule has 0 N–H and O–H groups in total. The molecule has 0 amide bonds. The predicted octanol–water partition coefficient (Wildman–Crippen LogP) is 0.957. The highest BCUT2D eigenvalue weighted by atomic mass is 32.2. The Balaban J connectivity index is 1.79. The van der Waals surface area contributed by atoms with Gasteiger partial charge in [0.15, 0.2) is 0 Å². The molecule has 0 fully saturated rings. The minimum absolute atomic E-state index is 0.313. The fourth-order valence-electron chi connectivity index (χ4n) is 2.07. The topological polar surface area (TPSA) is 74.7 Å². The second-order valence-electron chi connectivity index (χ2n) is 4.97. The van der Waals surface area contributed by atoms with E-state index in [0.717, 1.165) is 10.3 Å². The van der Waals surface area contributed by atoms with Crippen LogP contribution in [-0.4, -0.2) is 23.9 Å². The van der Waals surface area contributed by atoms with Gasteiger partial charge in [0.05, 0.1) is 5.69 Å². The maximum absolute atomic E-state index is 11.9. The Hall–Kier alpha value is -2.61. The van der Waals surface area contributed by atoms with Crippen LogP contribution in [-0.2, 0) is 19.8 Å². The van der Waals surface area contributed by atoms with E-state index in [9.17, 15) is 9.59 Å². The molecule has 0 aliphatic carbocycles. The Bertz CT molecular complexity index is 942. The summed E-state index contributed by atoms with van der Waals surface area (Å²) in [5, 5.41) is 4.97. The first-order valence-corrected chi connectivity index (χ1v) is 7.90. The van der Waals surface area contributed by atoms with E-state index in [4.69, 9.17) is 0 Å². The van der Waals surface area contributed by atoms with Crippen molar-refractivity contribution >= 4 is 11.8 Å². The van der Waals surface area contributed by atoms with Crippen LogP contribution in [0.5, 0.6) is 0 Å². The van der Waals surface area contributed by atoms with Gasteiger partial charge in [0.25, 0.3) is 5.56 Å². The molecule has 0 aliphatic heterocycles. The van der Waals surface area contributed by atoms with Gasteiger partial charge in [-0.3, -0.25) is 13.9 Å². The van der Waals surface area contributed by atoms with Crippen LogP contribution in [0.3, 0.4) is 0 Å². The minimum atomic E-state index is -0.337. The smallest absolute Gasteiger partial charge is 0.300 e. The number of nitrogens with zero attached hydrogens (tertiary/aromatic N) is 5. The molecule has 0 atom stereocenters. The largest absolute Gasteiger partial charge is 0.330 e. The number of thioether (sulfide) groups is 1. The molecule has 2 aromatic heterocycles. The van der Waals surface area contributed by atoms with E-state index in [-0.39, 0.29) is 11.2 Å². The normalized spacial score (nSPS) is 10.9. The van der Waals surface area contributed by atoms with Crippen molar-refractivity contribution in [3.05, 3.63) is 69.3 Å². The number of para-hydroxylation sites is 1. The molecule has 0 unspecified atom stereocenters. The molecular weight excluding hydrogens is 314 g/mol. The van der Waals surface area contributed by atoms with Crippen molar-refractivity contribution in [3.8, 4) is 5.69 Å². The number of aromatic nitrogens is 5. The lowest BCUT2D eigenvalue weighted by Crippen LogP contribution is -2.37. The van der Waals surface area contributed by atoms with E-state index in [1.807, 2.05) is 30.3 Å². The van der Waals surface area contributed by atoms with Crippen LogP contribution < -0.4 is 11.2 Å². The highest BCUT2D eigenvalue weighted by Gasteiger charge is 2.09. The Morgan fingerprint density at radius 3 is 2.57 bits per heavy atom. The van der Waals surface area contributed by atoms with Crippen LogP contribution in [0.15, 0.2) is 57.5 Å². The zero-order chi connectivity index (χ0) is 16.4. The molecule has 7 nitrogen and oxygen atoms in total. The van der Waals surface area contributed by atoms with E-state index in [1.165, 1.54) is 29.4 Å². The number of benzene rings is 1. The Morgan fingerprint density at radius 2 is 1.83 bits per heavy atom. The van der Waals surface area contributed by atoms with E-state index in [2.05, 4.69) is 10.1 Å². The van der Waals surface area contributed by atoms with E-state index in [1.54, 1.807) is 18.1 Å². The van der Waals surface area contributed by atoms with Crippen molar-refractivity contribution < 1.29 is 0 Å². The number of rotatable bonds is 4. The number of hydrogen-bond donors (Lipinski definition) is 0. The van der Waals surface area contributed by atoms with Gasteiger partial charge in [0.1, 0.15) is 6.33 Å². The van der Waals surface area contributed by atoms with Gasteiger partial charge in [0.2, 0.25) is 5.16 Å². The molecule has 1 aromatic carbocycles. The monoisotopic (exact) mass is 329 g/mol. The number of hydrogen-bond acceptors (Lipinski definition) is 5. The lowest BCUT2D eigenvalue weighted by Gasteiger charge is -2.07. The standard InChI is InChI=1S/C15H15N5O2S/c1-18-12(8-13(21)19(2)15(18)22)9-23-14-16-10-20(17-14)11-6-4-3-5-7-11/h3-8,10H,9H2,1-2H3. The Kier molecular flexibility index (Phi) is 4.16. The van der Waals surface area contributed by atoms with Crippen LogP contribution >= 0.6 is 11.8 Å². The maximum atomic E-state index is 11.9. The molecule has 0 bridgehead atoms. The van der Waals surface area contributed by atoms with Crippen LogP contribution in [0.1, 0.15) is 5.69 Å². The second kappa shape index (κ2) is 6.25. The molecule has 0 saturated carbocycles. The lowest BCUT2D eigenvalue weighted by atomic mass is 10.3. The van der Waals surface area contributed by atoms with Gasteiger partial charge in [-0.15, -0.1) is 5.10 Å². The fraction of sp³-hybridized carbons (Fsp3) is 0.200. The quantitative estimate of drug-likeness (QED) is 0.667. The Morgan fingerprint density at radius 1 is 1.09 bits per heavy atom. The first kappa shape index (κ1) is 15.3. The average Bonchev–Trinajstić information content (AvgIpc) is 3.05. The molecular formula is C15H15N5O2S. The first-order chi connectivity index (χ1) is 11.1. The molecule has 118 valence electrons. The van der Waals surface area contributed by atoms with E-state index in [0.29, 0.717) is 16.6 Å². The van der Waals surface area contributed by atoms with Crippen molar-refractivity contribution in [1.29, 1.82) is 0 Å². The molecule has 0 aliphatic rings. The predicted molar refractivity (Wildman–Crippen MR) is 87.8 cm³/mol. The Labute approximate surface area is 136 Å². The highest BCUT2D eigenvalue weighted by Crippen LogP contribution is 2.18. The van der Waals surface area contributed by atoms with Crippen LogP contribution in [0, 0.1) is 0 Å². The van der Waals surface area contributed by atoms with Crippen LogP contribution in [0.4, 0.5) is 0 Å². The van der Waals surface area contributed by atoms with Gasteiger partial charge in [-0.05, 0) is 12.1 Å². The lowest BCUT2D eigenvalue weighted by molar-refractivity contribution is 0.665. The molecule has 0 spiro atoms. The fourth-order valence-corrected chi connectivity index (χ4v) is 2.90. The molecule has 0 saturated heterocycles. The van der Waals surface area contributed by atoms with Gasteiger partial charge in [-0.2, -0.15) is 0 Å². The summed E-state index contributed by atoms with van der Waals surface area (Å²) < 4.78 is 4.23. The summed E-state index contributed by atoms with van der Waals surface area (Å²) in [5.41, 5.74) is 0.911. The summed E-state index contributed by atoms with van der Waals surface area (Å²) in [4.78, 5) is 27.9. The van der Waals surface area contributed by atoms with Crippen molar-refractivity contribution in [1.82, 2.24) is 23.9 Å². The van der Waals surface area contributed by atoms with Crippen molar-refractivity contribution in [3.63, 3.8) is 0 Å². The van der Waals surface area contributed by atoms with Gasteiger partial charge < -0.3 is 0 Å². The SMILES string of the molecule is Cn1c(CSc2ncn(-c3ccccc3)n2)cc(=O)n(C)c1=O. The molecule has 0 radical (unpaired) electrons. The highest BCUT2D eigenvalue weighted by molar-refractivity contribution is 7.98. The third-order valence-corrected chi connectivity index (χ3v) is 4.35. The molecule has 3 aromatic rings. The van der Waals surface area contributed by atoms with Crippen molar-refractivity contribution in [2.45, 2.75) is 10.9 Å². The zero-order valence-electron chi connectivity index (χ0n) is 12.7. The van der Waals surface area contributed by atoms with Crippen LogP contribution in [0.25, 0.3) is 5.69 Å². The van der Waals surface area contributed by atoms with Crippen molar-refractivity contribution in [2.75, 3.05) is 0 Å². The van der Waals surface area contributed by atoms with Crippen molar-refractivity contribution in [2.24, 2.45) is 14.1 Å². The van der Waals surface area contributed by atoms with E-state index < -0.39 is 0 Å². The molecule has 8 heteroatoms. The molecule has 23 heavy (non-hydrogen) atoms. The van der Waals surface area contributed by atoms with Gasteiger partial charge >= 0.3 is 5.69 Å².